The number of hydrogen-bond acceptors (Lipinski definition) is 7. The van der Waals surface area contributed by atoms with Gasteiger partial charge in [0.25, 0.3) is 5.91 Å². The van der Waals surface area contributed by atoms with Crippen molar-refractivity contribution in [3.05, 3.63) is 29.2 Å². The van der Waals surface area contributed by atoms with Crippen molar-refractivity contribution in [3.8, 4) is 0 Å². The zero-order valence-corrected chi connectivity index (χ0v) is 16.6. The van der Waals surface area contributed by atoms with Crippen molar-refractivity contribution in [3.63, 3.8) is 0 Å². The topological polar surface area (TPSA) is 106 Å². The van der Waals surface area contributed by atoms with E-state index in [1.807, 2.05) is 24.2 Å². The number of nitrogens with zero attached hydrogens (tertiary/aromatic N) is 3. The minimum atomic E-state index is -0.319. The van der Waals surface area contributed by atoms with E-state index in [-0.39, 0.29) is 30.5 Å². The third-order valence-electron chi connectivity index (χ3n) is 4.71. The Labute approximate surface area is 167 Å². The molecular formula is C17H23ClN6O2S. The van der Waals surface area contributed by atoms with E-state index in [0.717, 1.165) is 34.7 Å². The number of carbonyl (C=O) groups is 1. The second kappa shape index (κ2) is 8.47. The van der Waals surface area contributed by atoms with Crippen LogP contribution < -0.4 is 15.5 Å². The molecule has 1 amide bonds. The molecule has 0 spiro atoms. The fourth-order valence-corrected chi connectivity index (χ4v) is 4.27. The number of anilines is 1. The maximum atomic E-state index is 12.5. The summed E-state index contributed by atoms with van der Waals surface area (Å²) in [5, 5.41) is 16.7. The van der Waals surface area contributed by atoms with Crippen LogP contribution in [0.25, 0.3) is 11.0 Å². The molecule has 2 aliphatic heterocycles. The minimum absolute atomic E-state index is 0. The molecule has 0 aromatic carbocycles. The molecule has 2 aliphatic rings. The number of fused-ring (bicyclic) bond motifs is 1. The number of thioether (sulfide) groups is 1. The third kappa shape index (κ3) is 4.21. The van der Waals surface area contributed by atoms with E-state index in [1.54, 1.807) is 18.1 Å². The summed E-state index contributed by atoms with van der Waals surface area (Å²) < 4.78 is 0. The van der Waals surface area contributed by atoms with Gasteiger partial charge in [-0.05, 0) is 18.9 Å². The monoisotopic (exact) mass is 410 g/mol. The van der Waals surface area contributed by atoms with Crippen molar-refractivity contribution in [1.29, 1.82) is 0 Å². The third-order valence-corrected chi connectivity index (χ3v) is 5.70. The molecule has 146 valence electrons. The summed E-state index contributed by atoms with van der Waals surface area (Å²) in [4.78, 5) is 27.1. The number of aromatic nitrogens is 3. The van der Waals surface area contributed by atoms with Gasteiger partial charge < -0.3 is 25.6 Å². The van der Waals surface area contributed by atoms with Gasteiger partial charge >= 0.3 is 0 Å². The fourth-order valence-electron chi connectivity index (χ4n) is 3.36. The first-order valence-electron chi connectivity index (χ1n) is 8.71. The first-order valence-corrected chi connectivity index (χ1v) is 9.70. The van der Waals surface area contributed by atoms with Crippen LogP contribution in [0.2, 0.25) is 0 Å². The second-order valence-electron chi connectivity index (χ2n) is 6.63. The number of aliphatic hydroxyl groups is 1. The zero-order valence-electron chi connectivity index (χ0n) is 14.9. The standard InChI is InChI=1S/C17H22N6O2S.ClH/c1-10-5-19-15-14(10)16(22-9-21-15)23-2-3-26-13(8-23)17(25)20-6-11-4-12(24)7-18-11;/h5,8-9,11-12,18,24H,2-4,6-7H2,1H3,(H,20,25)(H,19,21,22);1H/t11-,12-;/m0./s1. The summed E-state index contributed by atoms with van der Waals surface area (Å²) in [7, 11) is 0. The molecule has 2 atom stereocenters. The van der Waals surface area contributed by atoms with Crippen LogP contribution in [0.4, 0.5) is 5.82 Å². The maximum Gasteiger partial charge on any atom is 0.259 e. The van der Waals surface area contributed by atoms with E-state index in [2.05, 4.69) is 25.6 Å². The van der Waals surface area contributed by atoms with E-state index < -0.39 is 0 Å². The summed E-state index contributed by atoms with van der Waals surface area (Å²) in [6.45, 7) is 3.91. The summed E-state index contributed by atoms with van der Waals surface area (Å²) in [6.07, 6.45) is 5.68. The van der Waals surface area contributed by atoms with Crippen molar-refractivity contribution >= 4 is 46.9 Å². The Kier molecular flexibility index (Phi) is 6.25. The first-order chi connectivity index (χ1) is 12.6. The van der Waals surface area contributed by atoms with Gasteiger partial charge in [0.1, 0.15) is 17.8 Å². The molecule has 2 aromatic heterocycles. The first kappa shape index (κ1) is 19.9. The zero-order chi connectivity index (χ0) is 18.1. The number of nitrogens with one attached hydrogen (secondary N) is 3. The van der Waals surface area contributed by atoms with Crippen LogP contribution >= 0.6 is 24.2 Å². The van der Waals surface area contributed by atoms with Crippen LogP contribution in [0.3, 0.4) is 0 Å². The summed E-state index contributed by atoms with van der Waals surface area (Å²) >= 11 is 1.55. The molecule has 8 nitrogen and oxygen atoms in total. The molecule has 0 aliphatic carbocycles. The number of H-pyrrole nitrogens is 1. The normalized spacial score (nSPS) is 22.4. The highest BCUT2D eigenvalue weighted by atomic mass is 35.5. The molecule has 27 heavy (non-hydrogen) atoms. The fraction of sp³-hybridized carbons (Fsp3) is 0.471. The summed E-state index contributed by atoms with van der Waals surface area (Å²) in [6, 6.07) is 0.128. The predicted molar refractivity (Wildman–Crippen MR) is 109 cm³/mol. The van der Waals surface area contributed by atoms with Gasteiger partial charge in [-0.1, -0.05) is 0 Å². The average molecular weight is 411 g/mol. The molecule has 4 heterocycles. The maximum absolute atomic E-state index is 12.5. The molecule has 1 saturated heterocycles. The number of carbonyl (C=O) groups excluding carboxylic acids is 1. The van der Waals surface area contributed by atoms with Crippen molar-refractivity contribution < 1.29 is 9.90 Å². The number of rotatable bonds is 4. The van der Waals surface area contributed by atoms with Crippen molar-refractivity contribution in [1.82, 2.24) is 25.6 Å². The molecule has 2 aromatic rings. The van der Waals surface area contributed by atoms with Crippen molar-refractivity contribution in [2.24, 2.45) is 0 Å². The Hall–Kier alpha value is -1.81. The van der Waals surface area contributed by atoms with Crippen LogP contribution in [0.1, 0.15) is 12.0 Å². The SMILES string of the molecule is Cc1c[nH]c2ncnc(N3C=C(C(=O)NC[C@@H]4C[C@H](O)CN4)SCC3)c12.Cl. The predicted octanol–water partition coefficient (Wildman–Crippen LogP) is 0.922. The van der Waals surface area contributed by atoms with Crippen LogP contribution in [0.15, 0.2) is 23.6 Å². The Morgan fingerprint density at radius 2 is 2.33 bits per heavy atom. The smallest absolute Gasteiger partial charge is 0.259 e. The van der Waals surface area contributed by atoms with Gasteiger partial charge in [-0.2, -0.15) is 0 Å². The Morgan fingerprint density at radius 1 is 1.48 bits per heavy atom. The largest absolute Gasteiger partial charge is 0.392 e. The van der Waals surface area contributed by atoms with E-state index in [0.29, 0.717) is 24.4 Å². The van der Waals surface area contributed by atoms with Gasteiger partial charge in [-0.3, -0.25) is 4.79 Å². The summed E-state index contributed by atoms with van der Waals surface area (Å²) in [5.74, 6) is 1.55. The van der Waals surface area contributed by atoms with Crippen molar-refractivity contribution in [2.45, 2.75) is 25.5 Å². The molecule has 1 fully saturated rings. The van der Waals surface area contributed by atoms with Crippen LogP contribution in [-0.2, 0) is 4.79 Å². The van der Waals surface area contributed by atoms with Gasteiger partial charge in [-0.15, -0.1) is 24.2 Å². The van der Waals surface area contributed by atoms with Crippen molar-refractivity contribution in [2.75, 3.05) is 30.3 Å². The molecule has 10 heteroatoms. The molecule has 0 bridgehead atoms. The van der Waals surface area contributed by atoms with Crippen LogP contribution in [0, 0.1) is 6.92 Å². The number of amides is 1. The lowest BCUT2D eigenvalue weighted by Crippen LogP contribution is -2.38. The number of β-amino-alcohol motifs (C(OH)–C–C–N with tert-alkyl or cyclic N) is 1. The number of aliphatic hydroxyl groups excluding tert-OH is 1. The van der Waals surface area contributed by atoms with Gasteiger partial charge in [0.15, 0.2) is 0 Å². The highest BCUT2D eigenvalue weighted by molar-refractivity contribution is 8.04. The van der Waals surface area contributed by atoms with Crippen LogP contribution in [-0.4, -0.2) is 63.5 Å². The van der Waals surface area contributed by atoms with Gasteiger partial charge in [0, 0.05) is 43.8 Å². The molecule has 0 unspecified atom stereocenters. The van der Waals surface area contributed by atoms with E-state index in [1.165, 1.54) is 0 Å². The minimum Gasteiger partial charge on any atom is -0.392 e. The molecule has 0 saturated carbocycles. The quantitative estimate of drug-likeness (QED) is 0.593. The molecular weight excluding hydrogens is 388 g/mol. The number of aryl methyl sites for hydroxylation is 1. The lowest BCUT2D eigenvalue weighted by molar-refractivity contribution is -0.116. The average Bonchev–Trinajstić information content (AvgIpc) is 3.25. The highest BCUT2D eigenvalue weighted by Gasteiger charge is 2.24. The Bertz CT molecular complexity index is 857. The van der Waals surface area contributed by atoms with Gasteiger partial charge in [-0.25, -0.2) is 9.97 Å². The highest BCUT2D eigenvalue weighted by Crippen LogP contribution is 2.30. The molecule has 0 radical (unpaired) electrons. The number of aromatic amines is 1. The Morgan fingerprint density at radius 3 is 3.11 bits per heavy atom. The number of hydrogen-bond donors (Lipinski definition) is 4. The second-order valence-corrected chi connectivity index (χ2v) is 7.77. The summed E-state index contributed by atoms with van der Waals surface area (Å²) in [5.41, 5.74) is 1.88. The van der Waals surface area contributed by atoms with E-state index >= 15 is 0 Å². The Balaban J connectivity index is 0.00000210. The van der Waals surface area contributed by atoms with Crippen LogP contribution in [0.5, 0.6) is 0 Å². The van der Waals surface area contributed by atoms with Gasteiger partial charge in [0.05, 0.1) is 16.4 Å². The lowest BCUT2D eigenvalue weighted by Gasteiger charge is -2.26. The lowest BCUT2D eigenvalue weighted by atomic mass is 10.2. The van der Waals surface area contributed by atoms with E-state index in [4.69, 9.17) is 0 Å². The number of halogens is 1. The van der Waals surface area contributed by atoms with Gasteiger partial charge in [0.2, 0.25) is 0 Å². The molecule has 4 N–H and O–H groups in total. The molecule has 4 rings (SSSR count). The van der Waals surface area contributed by atoms with E-state index in [9.17, 15) is 9.90 Å².